The summed E-state index contributed by atoms with van der Waals surface area (Å²) in [6.07, 6.45) is 0. The van der Waals surface area contributed by atoms with E-state index in [0.717, 1.165) is 0 Å². The van der Waals surface area contributed by atoms with Gasteiger partial charge in [-0.2, -0.15) is 0 Å². The number of nitrogen functional groups attached to an aromatic ring is 1. The minimum Gasteiger partial charge on any atom is -0.394 e. The molecule has 3 N–H and O–H groups in total. The summed E-state index contributed by atoms with van der Waals surface area (Å²) in [6.45, 7) is 6.74. The largest absolute Gasteiger partial charge is 0.394 e. The van der Waals surface area contributed by atoms with Gasteiger partial charge in [-0.3, -0.25) is 9.59 Å². The number of hydrogen-bond donors (Lipinski definition) is 2. The third kappa shape index (κ3) is 2.38. The van der Waals surface area contributed by atoms with Crippen LogP contribution in [0.25, 0.3) is 0 Å². The smallest absolute Gasteiger partial charge is 0.253 e. The van der Waals surface area contributed by atoms with Crippen LogP contribution in [-0.2, 0) is 5.41 Å². The molecule has 0 spiro atoms. The number of aryl methyl sites for hydroxylation is 1. The molecule has 2 aromatic rings. The van der Waals surface area contributed by atoms with E-state index in [0.29, 0.717) is 6.54 Å². The first-order valence-electron chi connectivity index (χ1n) is 6.23. The monoisotopic (exact) mass is 258 g/mol. The maximum atomic E-state index is 11.3. The maximum absolute atomic E-state index is 11.3. The minimum absolute atomic E-state index is 0.0460. The standard InChI is InChI=1S/C15H18N2O2/c1-9-4-6-10(7-5-9)15(2,3)8-17-12-11(16)13(18)14(12)19/h4-7,17H,8,16H2,1-3H3. The Morgan fingerprint density at radius 1 is 1.11 bits per heavy atom. The van der Waals surface area contributed by atoms with Crippen molar-refractivity contribution in [2.45, 2.75) is 26.2 Å². The van der Waals surface area contributed by atoms with Crippen molar-refractivity contribution in [2.24, 2.45) is 0 Å². The quantitative estimate of drug-likeness (QED) is 0.816. The highest BCUT2D eigenvalue weighted by molar-refractivity contribution is 5.71. The van der Waals surface area contributed by atoms with E-state index in [4.69, 9.17) is 5.73 Å². The molecular weight excluding hydrogens is 240 g/mol. The topological polar surface area (TPSA) is 72.2 Å². The summed E-state index contributed by atoms with van der Waals surface area (Å²) in [5.74, 6) is 0. The van der Waals surface area contributed by atoms with Crippen LogP contribution in [0.5, 0.6) is 0 Å². The van der Waals surface area contributed by atoms with Gasteiger partial charge in [-0.1, -0.05) is 43.7 Å². The molecule has 0 radical (unpaired) electrons. The second kappa shape index (κ2) is 4.53. The predicted molar refractivity (Wildman–Crippen MR) is 78.5 cm³/mol. The summed E-state index contributed by atoms with van der Waals surface area (Å²) in [6, 6.07) is 8.26. The van der Waals surface area contributed by atoms with Crippen molar-refractivity contribution in [3.63, 3.8) is 0 Å². The van der Waals surface area contributed by atoms with Crippen molar-refractivity contribution < 1.29 is 0 Å². The Morgan fingerprint density at radius 3 is 2.21 bits per heavy atom. The fraction of sp³-hybridized carbons (Fsp3) is 0.333. The first kappa shape index (κ1) is 13.3. The molecule has 0 aliphatic heterocycles. The van der Waals surface area contributed by atoms with Crippen molar-refractivity contribution in [3.05, 3.63) is 55.8 Å². The number of anilines is 2. The van der Waals surface area contributed by atoms with Gasteiger partial charge in [-0.15, -0.1) is 0 Å². The molecule has 4 heteroatoms. The molecular formula is C15H18N2O2. The SMILES string of the molecule is Cc1ccc(C(C)(C)CNc2c(N)c(=O)c2=O)cc1. The van der Waals surface area contributed by atoms with Gasteiger partial charge >= 0.3 is 0 Å². The van der Waals surface area contributed by atoms with Crippen LogP contribution in [0.1, 0.15) is 25.0 Å². The average Bonchev–Trinajstić information content (AvgIpc) is 2.38. The summed E-state index contributed by atoms with van der Waals surface area (Å²) in [4.78, 5) is 22.4. The van der Waals surface area contributed by atoms with Crippen molar-refractivity contribution in [3.8, 4) is 0 Å². The molecule has 4 nitrogen and oxygen atoms in total. The summed E-state index contributed by atoms with van der Waals surface area (Å²) in [5.41, 5.74) is 6.91. The van der Waals surface area contributed by atoms with Crippen molar-refractivity contribution in [1.82, 2.24) is 0 Å². The van der Waals surface area contributed by atoms with Crippen LogP contribution in [0, 0.1) is 6.92 Å². The van der Waals surface area contributed by atoms with Crippen LogP contribution < -0.4 is 21.9 Å². The van der Waals surface area contributed by atoms with Crippen LogP contribution in [0.2, 0.25) is 0 Å². The van der Waals surface area contributed by atoms with Gasteiger partial charge in [0.2, 0.25) is 0 Å². The molecule has 0 aromatic heterocycles. The zero-order valence-electron chi connectivity index (χ0n) is 11.4. The van der Waals surface area contributed by atoms with Crippen LogP contribution in [0.4, 0.5) is 11.4 Å². The molecule has 0 saturated heterocycles. The molecule has 0 amide bonds. The van der Waals surface area contributed by atoms with E-state index in [2.05, 4.69) is 43.4 Å². The molecule has 0 aliphatic rings. The molecule has 100 valence electrons. The van der Waals surface area contributed by atoms with Gasteiger partial charge in [-0.05, 0) is 12.5 Å². The number of rotatable bonds is 4. The van der Waals surface area contributed by atoms with E-state index >= 15 is 0 Å². The number of nitrogens with two attached hydrogens (primary N) is 1. The lowest BCUT2D eigenvalue weighted by atomic mass is 9.84. The first-order valence-corrected chi connectivity index (χ1v) is 6.23. The highest BCUT2D eigenvalue weighted by Gasteiger charge is 2.24. The third-order valence-electron chi connectivity index (χ3n) is 3.49. The minimum atomic E-state index is -0.587. The van der Waals surface area contributed by atoms with Crippen LogP contribution in [0.3, 0.4) is 0 Å². The number of hydrogen-bond acceptors (Lipinski definition) is 4. The maximum Gasteiger partial charge on any atom is 0.253 e. The van der Waals surface area contributed by atoms with Crippen molar-refractivity contribution in [2.75, 3.05) is 17.6 Å². The lowest BCUT2D eigenvalue weighted by Gasteiger charge is -2.26. The highest BCUT2D eigenvalue weighted by Crippen LogP contribution is 2.24. The Hall–Kier alpha value is -2.10. The molecule has 0 aliphatic carbocycles. The van der Waals surface area contributed by atoms with E-state index in [-0.39, 0.29) is 16.8 Å². The van der Waals surface area contributed by atoms with Crippen LogP contribution in [-0.4, -0.2) is 6.54 Å². The Labute approximate surface area is 112 Å². The number of benzene rings is 1. The lowest BCUT2D eigenvalue weighted by Crippen LogP contribution is -2.39. The molecule has 0 atom stereocenters. The number of nitrogens with one attached hydrogen (secondary N) is 1. The van der Waals surface area contributed by atoms with Crippen LogP contribution in [0.15, 0.2) is 33.9 Å². The fourth-order valence-electron chi connectivity index (χ4n) is 2.00. The Balaban J connectivity index is 2.12. The normalized spacial score (nSPS) is 11.7. The van der Waals surface area contributed by atoms with Crippen molar-refractivity contribution >= 4 is 11.4 Å². The van der Waals surface area contributed by atoms with E-state index in [1.165, 1.54) is 11.1 Å². The van der Waals surface area contributed by atoms with Crippen molar-refractivity contribution in [1.29, 1.82) is 0 Å². The molecule has 2 aromatic carbocycles. The van der Waals surface area contributed by atoms with Gasteiger partial charge in [0.05, 0.1) is 0 Å². The van der Waals surface area contributed by atoms with E-state index in [1.807, 2.05) is 6.92 Å². The van der Waals surface area contributed by atoms with E-state index in [9.17, 15) is 9.59 Å². The van der Waals surface area contributed by atoms with Gasteiger partial charge in [-0.25, -0.2) is 0 Å². The predicted octanol–water partition coefficient (Wildman–Crippen LogP) is 1.56. The molecule has 0 unspecified atom stereocenters. The van der Waals surface area contributed by atoms with Gasteiger partial charge in [0.15, 0.2) is 0 Å². The van der Waals surface area contributed by atoms with Gasteiger partial charge in [0.1, 0.15) is 11.4 Å². The zero-order valence-corrected chi connectivity index (χ0v) is 11.4. The summed E-state index contributed by atoms with van der Waals surface area (Å²) in [7, 11) is 0. The van der Waals surface area contributed by atoms with Gasteiger partial charge in [0.25, 0.3) is 10.9 Å². The average molecular weight is 258 g/mol. The molecule has 0 heterocycles. The first-order chi connectivity index (χ1) is 8.83. The summed E-state index contributed by atoms with van der Waals surface area (Å²) >= 11 is 0. The lowest BCUT2D eigenvalue weighted by molar-refractivity contribution is 0.556. The molecule has 19 heavy (non-hydrogen) atoms. The second-order valence-corrected chi connectivity index (χ2v) is 5.55. The summed E-state index contributed by atoms with van der Waals surface area (Å²) < 4.78 is 0. The molecule has 0 fully saturated rings. The fourth-order valence-corrected chi connectivity index (χ4v) is 2.00. The second-order valence-electron chi connectivity index (χ2n) is 5.55. The Bertz CT molecular complexity index is 662. The van der Waals surface area contributed by atoms with Crippen LogP contribution >= 0.6 is 0 Å². The molecule has 0 bridgehead atoms. The Morgan fingerprint density at radius 2 is 1.68 bits per heavy atom. The summed E-state index contributed by atoms with van der Waals surface area (Å²) in [5, 5.41) is 2.99. The highest BCUT2D eigenvalue weighted by atomic mass is 16.2. The zero-order chi connectivity index (χ0) is 14.2. The molecule has 0 saturated carbocycles. The van der Waals surface area contributed by atoms with E-state index < -0.39 is 10.9 Å². The Kier molecular flexibility index (Phi) is 3.18. The molecule has 2 rings (SSSR count). The van der Waals surface area contributed by atoms with E-state index in [1.54, 1.807) is 0 Å². The van der Waals surface area contributed by atoms with Gasteiger partial charge in [0, 0.05) is 12.0 Å². The van der Waals surface area contributed by atoms with Gasteiger partial charge < -0.3 is 11.1 Å². The third-order valence-corrected chi connectivity index (χ3v) is 3.49.